The topological polar surface area (TPSA) is 83.8 Å². The number of rotatable bonds is 7. The summed E-state index contributed by atoms with van der Waals surface area (Å²) >= 11 is 0.946. The van der Waals surface area contributed by atoms with Crippen LogP contribution in [0.5, 0.6) is 11.5 Å². The number of ether oxygens (including phenoxy) is 1. The molecule has 5 nitrogen and oxygen atoms in total. The highest BCUT2D eigenvalue weighted by Gasteiger charge is 2.13. The van der Waals surface area contributed by atoms with Gasteiger partial charge in [-0.3, -0.25) is 9.36 Å². The van der Waals surface area contributed by atoms with Crippen LogP contribution in [0.3, 0.4) is 0 Å². The summed E-state index contributed by atoms with van der Waals surface area (Å²) < 4.78 is 16.8. The zero-order valence-electron chi connectivity index (χ0n) is 16.4. The molecule has 2 rings (SSSR count). The number of phenols is 1. The Hall–Kier alpha value is -1.75. The largest absolute Gasteiger partial charge is 0.507 e. The fourth-order valence-corrected chi connectivity index (χ4v) is 3.43. The van der Waals surface area contributed by atoms with Gasteiger partial charge in [0.25, 0.3) is 0 Å². The van der Waals surface area contributed by atoms with E-state index >= 15 is 0 Å². The van der Waals surface area contributed by atoms with Gasteiger partial charge in [0.1, 0.15) is 11.5 Å². The summed E-state index contributed by atoms with van der Waals surface area (Å²) in [5.41, 5.74) is 4.81. The first kappa shape index (κ1) is 23.3. The second kappa shape index (κ2) is 10.5. The van der Waals surface area contributed by atoms with Crippen molar-refractivity contribution in [3.05, 3.63) is 52.6 Å². The Morgan fingerprint density at radius 2 is 1.74 bits per heavy atom. The summed E-state index contributed by atoms with van der Waals surface area (Å²) in [6, 6.07) is 8.91. The van der Waals surface area contributed by atoms with Crippen molar-refractivity contribution in [3.63, 3.8) is 0 Å². The molecule has 7 heteroatoms. The molecule has 1 atom stereocenters. The molecule has 0 spiro atoms. The van der Waals surface area contributed by atoms with Crippen molar-refractivity contribution in [1.29, 1.82) is 0 Å². The molecule has 148 valence electrons. The first-order valence-electron chi connectivity index (χ1n) is 8.64. The van der Waals surface area contributed by atoms with Crippen molar-refractivity contribution in [1.82, 2.24) is 0 Å². The van der Waals surface area contributed by atoms with Crippen molar-refractivity contribution in [3.8, 4) is 11.5 Å². The molecule has 0 saturated carbocycles. The van der Waals surface area contributed by atoms with Crippen LogP contribution in [-0.2, 0) is 15.8 Å². The van der Waals surface area contributed by atoms with Gasteiger partial charge in [0, 0.05) is 6.66 Å². The second-order valence-electron chi connectivity index (χ2n) is 6.05. The van der Waals surface area contributed by atoms with Gasteiger partial charge in [-0.15, -0.1) is 0 Å². The maximum atomic E-state index is 11.4. The van der Waals surface area contributed by atoms with Crippen molar-refractivity contribution in [2.45, 2.75) is 39.0 Å². The number of hydrogen-bond donors (Lipinski definition) is 2. The third-order valence-electron chi connectivity index (χ3n) is 3.72. The molecule has 27 heavy (non-hydrogen) atoms. The van der Waals surface area contributed by atoms with Crippen molar-refractivity contribution >= 4 is 24.7 Å². The van der Waals surface area contributed by atoms with Gasteiger partial charge < -0.3 is 14.7 Å². The minimum atomic E-state index is -3.22. The van der Waals surface area contributed by atoms with Gasteiger partial charge in [0.05, 0.1) is 4.90 Å². The summed E-state index contributed by atoms with van der Waals surface area (Å²) in [5.74, 6) is 0.656. The quantitative estimate of drug-likeness (QED) is 0.373. The minimum Gasteiger partial charge on any atom is -0.507 e. The van der Waals surface area contributed by atoms with Crippen LogP contribution in [0.1, 0.15) is 36.1 Å². The van der Waals surface area contributed by atoms with Crippen LogP contribution in [0.25, 0.3) is 0 Å². The Kier molecular flexibility index (Phi) is 9.10. The van der Waals surface area contributed by atoms with Gasteiger partial charge in [-0.25, -0.2) is 0 Å². The highest BCUT2D eigenvalue weighted by molar-refractivity contribution is 8.12. The van der Waals surface area contributed by atoms with E-state index in [1.54, 1.807) is 12.1 Å². The summed E-state index contributed by atoms with van der Waals surface area (Å²) in [7, 11) is -3.22. The minimum absolute atomic E-state index is 0.0889. The standard InChI is InChI=1S/C18H21O5PS.C2H6/c1-12-6-15(23-11-24(3,21)22)7-13(2)16(12)8-14-4-5-17(20)18(9-14)25-10-19;1-2/h4-7,9-10,20H,8,11H2,1-3H3,(H,21,22);1-2H3. The molecule has 2 aromatic rings. The van der Waals surface area contributed by atoms with E-state index in [9.17, 15) is 19.4 Å². The number of carbonyl (C=O) groups excluding carboxylic acids is 1. The van der Waals surface area contributed by atoms with E-state index in [0.29, 0.717) is 22.7 Å². The molecule has 0 radical (unpaired) electrons. The van der Waals surface area contributed by atoms with E-state index in [2.05, 4.69) is 0 Å². The summed E-state index contributed by atoms with van der Waals surface area (Å²) in [4.78, 5) is 20.5. The molecule has 0 bridgehead atoms. The molecular weight excluding hydrogens is 383 g/mol. The first-order valence-corrected chi connectivity index (χ1v) is 11.8. The van der Waals surface area contributed by atoms with E-state index in [1.165, 1.54) is 6.66 Å². The number of benzene rings is 2. The molecule has 0 aliphatic heterocycles. The third-order valence-corrected chi connectivity index (χ3v) is 5.01. The van der Waals surface area contributed by atoms with Crippen LogP contribution in [0.15, 0.2) is 35.2 Å². The van der Waals surface area contributed by atoms with Crippen molar-refractivity contribution < 1.29 is 24.1 Å². The predicted octanol–water partition coefficient (Wildman–Crippen LogP) is 5.14. The lowest BCUT2D eigenvalue weighted by atomic mass is 9.96. The molecule has 2 aromatic carbocycles. The smallest absolute Gasteiger partial charge is 0.233 e. The number of carbonyl (C=O) groups is 1. The highest BCUT2D eigenvalue weighted by atomic mass is 32.2. The fraction of sp³-hybridized carbons (Fsp3) is 0.350. The molecule has 1 unspecified atom stereocenters. The molecule has 0 amide bonds. The van der Waals surface area contributed by atoms with Crippen molar-refractivity contribution in [2.24, 2.45) is 0 Å². The fourth-order valence-electron chi connectivity index (χ4n) is 2.53. The zero-order chi connectivity index (χ0) is 20.6. The van der Waals surface area contributed by atoms with Gasteiger partial charge in [0.2, 0.25) is 7.37 Å². The second-order valence-corrected chi connectivity index (χ2v) is 9.28. The lowest BCUT2D eigenvalue weighted by Gasteiger charge is -2.15. The highest BCUT2D eigenvalue weighted by Crippen LogP contribution is 2.36. The molecule has 0 heterocycles. The van der Waals surface area contributed by atoms with Crippen LogP contribution in [0.2, 0.25) is 0 Å². The average Bonchev–Trinajstić information content (AvgIpc) is 2.60. The average molecular weight is 410 g/mol. The summed E-state index contributed by atoms with van der Waals surface area (Å²) in [5, 5.41) is 9.76. The predicted molar refractivity (Wildman–Crippen MR) is 112 cm³/mol. The molecule has 2 N–H and O–H groups in total. The van der Waals surface area contributed by atoms with Crippen LogP contribution >= 0.6 is 19.1 Å². The van der Waals surface area contributed by atoms with Gasteiger partial charge in [-0.2, -0.15) is 0 Å². The van der Waals surface area contributed by atoms with E-state index in [-0.39, 0.29) is 12.1 Å². The van der Waals surface area contributed by atoms with Gasteiger partial charge in [0.15, 0.2) is 12.0 Å². The Balaban J connectivity index is 0.00000176. The Morgan fingerprint density at radius 3 is 2.26 bits per heavy atom. The van der Waals surface area contributed by atoms with Gasteiger partial charge >= 0.3 is 0 Å². The van der Waals surface area contributed by atoms with Crippen LogP contribution in [0.4, 0.5) is 0 Å². The third kappa shape index (κ3) is 7.41. The van der Waals surface area contributed by atoms with Gasteiger partial charge in [-0.05, 0) is 66.8 Å². The monoisotopic (exact) mass is 410 g/mol. The Bertz CT molecular complexity index is 806. The van der Waals surface area contributed by atoms with E-state index in [0.717, 1.165) is 34.0 Å². The molecule has 0 fully saturated rings. The SMILES string of the molecule is CC.Cc1cc(OCP(C)(=O)O)cc(C)c1Cc1ccc(O)c(SC=O)c1. The Labute approximate surface area is 165 Å². The van der Waals surface area contributed by atoms with Crippen LogP contribution < -0.4 is 4.74 Å². The number of phenolic OH excluding ortho intramolecular Hbond substituents is 1. The van der Waals surface area contributed by atoms with Crippen LogP contribution in [0, 0.1) is 13.8 Å². The molecule has 0 aliphatic carbocycles. The number of aryl methyl sites for hydroxylation is 2. The number of hydrogen-bond acceptors (Lipinski definition) is 5. The van der Waals surface area contributed by atoms with Crippen molar-refractivity contribution in [2.75, 3.05) is 13.0 Å². The number of thioether (sulfide) groups is 1. The summed E-state index contributed by atoms with van der Waals surface area (Å²) in [6.07, 6.45) is 0.437. The molecule has 0 aliphatic rings. The maximum Gasteiger partial charge on any atom is 0.233 e. The lowest BCUT2D eigenvalue weighted by Crippen LogP contribution is -2.01. The summed E-state index contributed by atoms with van der Waals surface area (Å²) in [6.45, 7) is 9.18. The lowest BCUT2D eigenvalue weighted by molar-refractivity contribution is 0.352. The van der Waals surface area contributed by atoms with E-state index < -0.39 is 7.37 Å². The van der Waals surface area contributed by atoms with E-state index in [1.807, 2.05) is 45.9 Å². The molecular formula is C20H27O5PS. The zero-order valence-corrected chi connectivity index (χ0v) is 18.1. The Morgan fingerprint density at radius 1 is 1.15 bits per heavy atom. The van der Waals surface area contributed by atoms with Crippen LogP contribution in [-0.4, -0.2) is 28.6 Å². The molecule has 0 aromatic heterocycles. The van der Waals surface area contributed by atoms with Gasteiger partial charge in [-0.1, -0.05) is 31.7 Å². The maximum absolute atomic E-state index is 11.4. The van der Waals surface area contributed by atoms with E-state index in [4.69, 9.17) is 4.74 Å². The molecule has 0 saturated heterocycles. The first-order chi connectivity index (χ1) is 12.7. The normalized spacial score (nSPS) is 12.5. The number of aromatic hydroxyl groups is 1.